The van der Waals surface area contributed by atoms with E-state index in [0.717, 1.165) is 89.9 Å². The van der Waals surface area contributed by atoms with E-state index >= 15 is 0 Å². The zero-order valence-electron chi connectivity index (χ0n) is 36.1. The van der Waals surface area contributed by atoms with Crippen LogP contribution >= 0.6 is 0 Å². The number of ether oxygens (including phenoxy) is 3. The van der Waals surface area contributed by atoms with E-state index in [9.17, 15) is 14.4 Å². The Hall–Kier alpha value is -3.41. The smallest absolute Gasteiger partial charge is 0.306 e. The molecular weight excluding hydrogens is 697 g/mol. The predicted octanol–water partition coefficient (Wildman–Crippen LogP) is 14.5. The lowest BCUT2D eigenvalue weighted by Crippen LogP contribution is -2.30. The van der Waals surface area contributed by atoms with Crippen molar-refractivity contribution in [3.8, 4) is 0 Å². The zero-order chi connectivity index (χ0) is 40.8. The van der Waals surface area contributed by atoms with Crippen LogP contribution < -0.4 is 0 Å². The van der Waals surface area contributed by atoms with Gasteiger partial charge in [-0.2, -0.15) is 0 Å². The van der Waals surface area contributed by atoms with Crippen LogP contribution in [0, 0.1) is 0 Å². The third kappa shape index (κ3) is 41.7. The van der Waals surface area contributed by atoms with Crippen LogP contribution in [-0.2, 0) is 28.6 Å². The molecule has 6 heteroatoms. The first-order chi connectivity index (χ1) is 27.5. The van der Waals surface area contributed by atoms with Crippen LogP contribution in [0.5, 0.6) is 0 Å². The van der Waals surface area contributed by atoms with Gasteiger partial charge in [0.15, 0.2) is 6.10 Å². The van der Waals surface area contributed by atoms with Crippen molar-refractivity contribution in [1.82, 2.24) is 0 Å². The van der Waals surface area contributed by atoms with E-state index in [1.807, 2.05) is 0 Å². The maximum absolute atomic E-state index is 12.6. The van der Waals surface area contributed by atoms with Gasteiger partial charge in [-0.1, -0.05) is 189 Å². The van der Waals surface area contributed by atoms with Gasteiger partial charge in [0.2, 0.25) is 0 Å². The molecule has 0 bridgehead atoms. The Labute approximate surface area is 344 Å². The van der Waals surface area contributed by atoms with Crippen LogP contribution in [-0.4, -0.2) is 37.2 Å². The van der Waals surface area contributed by atoms with Crippen LogP contribution in [0.4, 0.5) is 0 Å². The number of rotatable bonds is 39. The van der Waals surface area contributed by atoms with E-state index in [1.165, 1.54) is 57.8 Å². The van der Waals surface area contributed by atoms with Crippen molar-refractivity contribution in [2.45, 2.75) is 200 Å². The molecule has 0 aromatic rings. The van der Waals surface area contributed by atoms with Gasteiger partial charge in [0.25, 0.3) is 0 Å². The second kappa shape index (κ2) is 44.3. The van der Waals surface area contributed by atoms with Crippen molar-refractivity contribution in [3.63, 3.8) is 0 Å². The Kier molecular flexibility index (Phi) is 41.6. The van der Waals surface area contributed by atoms with Crippen LogP contribution in [0.1, 0.15) is 194 Å². The molecule has 0 saturated heterocycles. The normalized spacial score (nSPS) is 12.8. The second-order valence-electron chi connectivity index (χ2n) is 14.6. The average Bonchev–Trinajstić information content (AvgIpc) is 3.19. The van der Waals surface area contributed by atoms with Gasteiger partial charge in [-0.25, -0.2) is 0 Å². The fourth-order valence-electron chi connectivity index (χ4n) is 5.78. The monoisotopic (exact) mass is 779 g/mol. The van der Waals surface area contributed by atoms with Gasteiger partial charge in [0.05, 0.1) is 0 Å². The molecule has 0 rings (SSSR count). The third-order valence-electron chi connectivity index (χ3n) is 9.16. The largest absolute Gasteiger partial charge is 0.462 e. The molecule has 0 fully saturated rings. The molecule has 0 N–H and O–H groups in total. The molecule has 0 aromatic heterocycles. The van der Waals surface area contributed by atoms with Crippen molar-refractivity contribution in [2.24, 2.45) is 0 Å². The molecule has 0 aromatic carbocycles. The van der Waals surface area contributed by atoms with Crippen LogP contribution in [0.25, 0.3) is 0 Å². The first-order valence-corrected chi connectivity index (χ1v) is 22.6. The summed E-state index contributed by atoms with van der Waals surface area (Å²) in [7, 11) is 0. The highest BCUT2D eigenvalue weighted by molar-refractivity contribution is 5.71. The quantitative estimate of drug-likeness (QED) is 0.0268. The number of unbranched alkanes of at least 4 members (excludes halogenated alkanes) is 14. The summed E-state index contributed by atoms with van der Waals surface area (Å²) in [6, 6.07) is 0. The standard InChI is InChI=1S/C50H82O6/c1-4-7-10-13-16-18-19-20-21-22-23-24-25-26-27-28-29-30-31-33-34-37-40-43-49(52)55-46-47(45-54-48(51)42-39-36-15-12-9-6-3)56-50(53)44-41-38-35-32-17-14-11-8-5-2/h7,10,16,18,20-21,23-24,26-27,29-30,33-34,47H,4-6,8-9,11-15,17,19,22,25,28,31-32,35-46H2,1-3H3/b10-7-,18-16-,21-20-,24-23-,27-26-,30-29-,34-33-. The SMILES string of the molecule is CC/C=C\C/C=C\C/C=C\C/C=C\C/C=C\C/C=C\C/C=C\CCCC(=O)OCC(COC(=O)CCCCCCCC)OC(=O)CCCCCCCCCCC. The molecule has 0 aliphatic heterocycles. The highest BCUT2D eigenvalue weighted by Gasteiger charge is 2.19. The van der Waals surface area contributed by atoms with Crippen molar-refractivity contribution < 1.29 is 28.6 Å². The van der Waals surface area contributed by atoms with Crippen molar-refractivity contribution >= 4 is 17.9 Å². The molecule has 0 heterocycles. The first kappa shape index (κ1) is 52.6. The molecule has 0 aliphatic rings. The maximum atomic E-state index is 12.6. The highest BCUT2D eigenvalue weighted by atomic mass is 16.6. The van der Waals surface area contributed by atoms with E-state index in [-0.39, 0.29) is 37.5 Å². The molecule has 0 spiro atoms. The summed E-state index contributed by atoms with van der Waals surface area (Å²) in [4.78, 5) is 37.4. The molecule has 6 nitrogen and oxygen atoms in total. The molecule has 0 radical (unpaired) electrons. The Morgan fingerprint density at radius 1 is 0.375 bits per heavy atom. The minimum absolute atomic E-state index is 0.0945. The average molecular weight is 779 g/mol. The Morgan fingerprint density at radius 2 is 0.696 bits per heavy atom. The number of hydrogen-bond donors (Lipinski definition) is 0. The Bertz CT molecular complexity index is 1120. The minimum atomic E-state index is -0.792. The maximum Gasteiger partial charge on any atom is 0.306 e. The molecule has 318 valence electrons. The molecule has 56 heavy (non-hydrogen) atoms. The van der Waals surface area contributed by atoms with E-state index < -0.39 is 6.10 Å². The summed E-state index contributed by atoms with van der Waals surface area (Å²) in [6.07, 6.45) is 56.0. The van der Waals surface area contributed by atoms with Crippen molar-refractivity contribution in [2.75, 3.05) is 13.2 Å². The zero-order valence-corrected chi connectivity index (χ0v) is 36.1. The lowest BCUT2D eigenvalue weighted by atomic mass is 10.1. The van der Waals surface area contributed by atoms with E-state index in [1.54, 1.807) is 0 Å². The third-order valence-corrected chi connectivity index (χ3v) is 9.16. The summed E-state index contributed by atoms with van der Waals surface area (Å²) in [5.41, 5.74) is 0. The van der Waals surface area contributed by atoms with Gasteiger partial charge in [-0.05, 0) is 70.6 Å². The van der Waals surface area contributed by atoms with Crippen molar-refractivity contribution in [1.29, 1.82) is 0 Å². The molecule has 1 atom stereocenters. The van der Waals surface area contributed by atoms with E-state index in [4.69, 9.17) is 14.2 Å². The van der Waals surface area contributed by atoms with Crippen LogP contribution in [0.15, 0.2) is 85.1 Å². The van der Waals surface area contributed by atoms with Crippen LogP contribution in [0.2, 0.25) is 0 Å². The molecule has 1 unspecified atom stereocenters. The highest BCUT2D eigenvalue weighted by Crippen LogP contribution is 2.13. The summed E-state index contributed by atoms with van der Waals surface area (Å²) in [5.74, 6) is -0.977. The Morgan fingerprint density at radius 3 is 1.09 bits per heavy atom. The first-order valence-electron chi connectivity index (χ1n) is 22.6. The number of allylic oxidation sites excluding steroid dienone is 14. The van der Waals surface area contributed by atoms with E-state index in [2.05, 4.69) is 106 Å². The van der Waals surface area contributed by atoms with Gasteiger partial charge >= 0.3 is 17.9 Å². The number of carbonyl (C=O) groups excluding carboxylic acids is 3. The molecule has 0 saturated carbocycles. The van der Waals surface area contributed by atoms with Gasteiger partial charge in [-0.3, -0.25) is 14.4 Å². The number of esters is 3. The van der Waals surface area contributed by atoms with Crippen molar-refractivity contribution in [3.05, 3.63) is 85.1 Å². The van der Waals surface area contributed by atoms with E-state index in [0.29, 0.717) is 19.3 Å². The Balaban J connectivity index is 4.31. The number of hydrogen-bond acceptors (Lipinski definition) is 6. The molecule has 0 amide bonds. The van der Waals surface area contributed by atoms with Crippen LogP contribution in [0.3, 0.4) is 0 Å². The lowest BCUT2D eigenvalue weighted by Gasteiger charge is -2.18. The number of carbonyl (C=O) groups is 3. The summed E-state index contributed by atoms with van der Waals surface area (Å²) in [5, 5.41) is 0. The van der Waals surface area contributed by atoms with Gasteiger partial charge in [0, 0.05) is 19.3 Å². The topological polar surface area (TPSA) is 78.9 Å². The fourth-order valence-corrected chi connectivity index (χ4v) is 5.78. The minimum Gasteiger partial charge on any atom is -0.462 e. The molecular formula is C50H82O6. The molecule has 0 aliphatic carbocycles. The fraction of sp³-hybridized carbons (Fsp3) is 0.660. The lowest BCUT2D eigenvalue weighted by molar-refractivity contribution is -0.167. The van der Waals surface area contributed by atoms with Gasteiger partial charge in [-0.15, -0.1) is 0 Å². The van der Waals surface area contributed by atoms with Gasteiger partial charge in [0.1, 0.15) is 13.2 Å². The summed E-state index contributed by atoms with van der Waals surface area (Å²) >= 11 is 0. The second-order valence-corrected chi connectivity index (χ2v) is 14.6. The van der Waals surface area contributed by atoms with Gasteiger partial charge < -0.3 is 14.2 Å². The summed E-state index contributed by atoms with van der Waals surface area (Å²) in [6.45, 7) is 6.36. The predicted molar refractivity (Wildman–Crippen MR) is 237 cm³/mol. The summed E-state index contributed by atoms with van der Waals surface area (Å²) < 4.78 is 16.5.